The topological polar surface area (TPSA) is 130 Å². The third-order valence-corrected chi connectivity index (χ3v) is 6.64. The quantitative estimate of drug-likeness (QED) is 0.357. The predicted octanol–water partition coefficient (Wildman–Crippen LogP) is 5.29. The molecule has 12 heteroatoms. The maximum Gasteiger partial charge on any atom is 0.437 e. The van der Waals surface area contributed by atoms with Crippen LogP contribution in [0.1, 0.15) is 69.8 Å². The molecule has 1 fully saturated rings. The van der Waals surface area contributed by atoms with Gasteiger partial charge in [-0.2, -0.15) is 0 Å². The number of hydrogen-bond acceptors (Lipinski definition) is 7. The molecule has 3 rings (SSSR count). The first-order valence-electron chi connectivity index (χ1n) is 14.4. The molecule has 1 aliphatic heterocycles. The molecule has 1 aliphatic rings. The fraction of sp³-hybridized carbons (Fsp3) is 0.500. The highest BCUT2D eigenvalue weighted by molar-refractivity contribution is 5.99. The molecule has 0 aromatic heterocycles. The molecule has 1 heterocycles. The molecule has 1 unspecified atom stereocenters. The summed E-state index contributed by atoms with van der Waals surface area (Å²) in [5, 5.41) is 0. The number of aryl methyl sites for hydroxylation is 1. The van der Waals surface area contributed by atoms with Crippen molar-refractivity contribution in [1.29, 1.82) is 0 Å². The number of guanidine groups is 1. The highest BCUT2D eigenvalue weighted by atomic mass is 16.6. The summed E-state index contributed by atoms with van der Waals surface area (Å²) in [6.07, 6.45) is -1.60. The lowest BCUT2D eigenvalue weighted by Gasteiger charge is -2.42. The fourth-order valence-electron chi connectivity index (χ4n) is 4.59. The Bertz CT molecular complexity index is 1370. The first kappa shape index (κ1) is 34.2. The summed E-state index contributed by atoms with van der Waals surface area (Å²) in [4.78, 5) is 49.5. The number of carbonyl (C=O) groups excluding carboxylic acids is 3. The molecule has 44 heavy (non-hydrogen) atoms. The number of benzene rings is 2. The summed E-state index contributed by atoms with van der Waals surface area (Å²) < 4.78 is 16.6. The molecule has 2 N–H and O–H groups in total. The zero-order valence-electron chi connectivity index (χ0n) is 27.5. The van der Waals surface area contributed by atoms with Crippen LogP contribution in [0.3, 0.4) is 0 Å². The second-order valence-electron chi connectivity index (χ2n) is 12.9. The number of nitrogens with two attached hydrogens (primary N) is 1. The Balaban J connectivity index is 2.10. The first-order chi connectivity index (χ1) is 20.4. The third-order valence-electron chi connectivity index (χ3n) is 6.64. The smallest absolute Gasteiger partial charge is 0.437 e. The van der Waals surface area contributed by atoms with Crippen LogP contribution in [0, 0.1) is 6.92 Å². The number of nitrogens with zero attached hydrogens (tertiary/aromatic N) is 5. The average Bonchev–Trinajstić information content (AvgIpc) is 2.92. The van der Waals surface area contributed by atoms with E-state index in [0.717, 1.165) is 28.0 Å². The zero-order valence-corrected chi connectivity index (χ0v) is 27.5. The Morgan fingerprint density at radius 2 is 1.52 bits per heavy atom. The van der Waals surface area contributed by atoms with Crippen LogP contribution < -0.4 is 10.5 Å². The number of carbonyl (C=O) groups is 3. The van der Waals surface area contributed by atoms with Gasteiger partial charge in [-0.25, -0.2) is 19.3 Å². The molecular formula is C32H46N6O6. The minimum Gasteiger partial charge on any atom is -0.497 e. The number of urea groups is 1. The maximum absolute atomic E-state index is 13.8. The van der Waals surface area contributed by atoms with Crippen LogP contribution in [-0.2, 0) is 16.0 Å². The third kappa shape index (κ3) is 9.09. The van der Waals surface area contributed by atoms with Crippen molar-refractivity contribution in [3.63, 3.8) is 0 Å². The Morgan fingerprint density at radius 3 is 2.05 bits per heavy atom. The lowest BCUT2D eigenvalue weighted by Crippen LogP contribution is -2.60. The summed E-state index contributed by atoms with van der Waals surface area (Å²) in [7, 11) is 4.86. The molecule has 0 bridgehead atoms. The molecule has 12 nitrogen and oxygen atoms in total. The van der Waals surface area contributed by atoms with E-state index in [-0.39, 0.29) is 31.9 Å². The number of methoxy groups -OCH3 is 1. The van der Waals surface area contributed by atoms with E-state index in [4.69, 9.17) is 19.9 Å². The average molecular weight is 611 g/mol. The summed E-state index contributed by atoms with van der Waals surface area (Å²) in [5.41, 5.74) is 8.51. The van der Waals surface area contributed by atoms with Gasteiger partial charge in [-0.05, 0) is 82.9 Å². The maximum atomic E-state index is 13.8. The van der Waals surface area contributed by atoms with Crippen molar-refractivity contribution < 1.29 is 28.6 Å². The van der Waals surface area contributed by atoms with Gasteiger partial charge in [0.1, 0.15) is 17.0 Å². The number of ether oxygens (including phenoxy) is 3. The standard InChI is InChI=1S/C32H46N6O6/c1-21-11-12-22(17-25(21)26(33)23-13-15-24(42-10)16-14-23)18-38(30(41)44-32(5,6)7)27(34-28(39)43-31(2,3)4)37-19-35(8)29(40)36(9)20-37/h11-17,26H,18-20,33H2,1-10H3/b34-27+. The van der Waals surface area contributed by atoms with Crippen LogP contribution in [0.15, 0.2) is 47.5 Å². The highest BCUT2D eigenvalue weighted by Crippen LogP contribution is 2.27. The Morgan fingerprint density at radius 1 is 0.955 bits per heavy atom. The molecular weight excluding hydrogens is 564 g/mol. The molecule has 2 aromatic rings. The predicted molar refractivity (Wildman–Crippen MR) is 168 cm³/mol. The van der Waals surface area contributed by atoms with Gasteiger partial charge in [0.05, 0.1) is 33.0 Å². The van der Waals surface area contributed by atoms with Gasteiger partial charge in [-0.15, -0.1) is 4.99 Å². The van der Waals surface area contributed by atoms with E-state index >= 15 is 0 Å². The fourth-order valence-corrected chi connectivity index (χ4v) is 4.59. The number of amides is 4. The van der Waals surface area contributed by atoms with Gasteiger partial charge in [0, 0.05) is 14.1 Å². The van der Waals surface area contributed by atoms with Crippen molar-refractivity contribution in [3.8, 4) is 5.75 Å². The molecule has 0 spiro atoms. The number of rotatable bonds is 5. The molecule has 2 aromatic carbocycles. The SMILES string of the molecule is COc1ccc(C(N)c2cc(CN(C(=O)OC(C)(C)C)/C(=N/C(=O)OC(C)(C)C)N3CN(C)C(=O)N(C)C3)ccc2C)cc1. The highest BCUT2D eigenvalue weighted by Gasteiger charge is 2.35. The monoisotopic (exact) mass is 610 g/mol. The van der Waals surface area contributed by atoms with Gasteiger partial charge in [-0.1, -0.05) is 30.3 Å². The van der Waals surface area contributed by atoms with Gasteiger partial charge in [0.15, 0.2) is 0 Å². The number of hydrogen-bond donors (Lipinski definition) is 1. The summed E-state index contributed by atoms with van der Waals surface area (Å²) in [6.45, 7) is 12.6. The van der Waals surface area contributed by atoms with Crippen LogP contribution >= 0.6 is 0 Å². The Hall–Kier alpha value is -4.32. The van der Waals surface area contributed by atoms with E-state index < -0.39 is 29.4 Å². The second kappa shape index (κ2) is 13.5. The van der Waals surface area contributed by atoms with Gasteiger partial charge in [0.2, 0.25) is 5.96 Å². The van der Waals surface area contributed by atoms with Gasteiger partial charge < -0.3 is 34.6 Å². The van der Waals surface area contributed by atoms with Crippen molar-refractivity contribution >= 4 is 24.2 Å². The Kier molecular flexibility index (Phi) is 10.5. The molecule has 0 radical (unpaired) electrons. The van der Waals surface area contributed by atoms with Gasteiger partial charge >= 0.3 is 18.2 Å². The van der Waals surface area contributed by atoms with Crippen LogP contribution in [0.25, 0.3) is 0 Å². The molecule has 0 aliphatic carbocycles. The summed E-state index contributed by atoms with van der Waals surface area (Å²) in [6, 6.07) is 12.7. The molecule has 1 atom stereocenters. The van der Waals surface area contributed by atoms with E-state index in [1.807, 2.05) is 49.4 Å². The van der Waals surface area contributed by atoms with E-state index in [9.17, 15) is 14.4 Å². The van der Waals surface area contributed by atoms with E-state index in [0.29, 0.717) is 0 Å². The molecule has 240 valence electrons. The normalized spacial score (nSPS) is 15.2. The van der Waals surface area contributed by atoms with Gasteiger partial charge in [-0.3, -0.25) is 0 Å². The summed E-state index contributed by atoms with van der Waals surface area (Å²) in [5.74, 6) is 0.716. The van der Waals surface area contributed by atoms with Crippen molar-refractivity contribution in [1.82, 2.24) is 19.6 Å². The van der Waals surface area contributed by atoms with Crippen molar-refractivity contribution in [2.75, 3.05) is 34.5 Å². The van der Waals surface area contributed by atoms with E-state index in [2.05, 4.69) is 4.99 Å². The Labute approximate surface area is 260 Å². The van der Waals surface area contributed by atoms with Crippen LogP contribution in [0.5, 0.6) is 5.75 Å². The van der Waals surface area contributed by atoms with Crippen molar-refractivity contribution in [2.45, 2.75) is 72.3 Å². The first-order valence-corrected chi connectivity index (χ1v) is 14.4. The molecule has 4 amide bonds. The minimum absolute atomic E-state index is 0.00294. The lowest BCUT2D eigenvalue weighted by atomic mass is 9.94. The van der Waals surface area contributed by atoms with Crippen LogP contribution in [0.2, 0.25) is 0 Å². The van der Waals surface area contributed by atoms with E-state index in [1.54, 1.807) is 67.6 Å². The van der Waals surface area contributed by atoms with E-state index in [1.165, 1.54) is 14.7 Å². The second-order valence-corrected chi connectivity index (χ2v) is 12.9. The summed E-state index contributed by atoms with van der Waals surface area (Å²) >= 11 is 0. The van der Waals surface area contributed by atoms with Crippen molar-refractivity contribution in [2.24, 2.45) is 10.7 Å². The zero-order chi connectivity index (χ0) is 33.0. The van der Waals surface area contributed by atoms with Gasteiger partial charge in [0.25, 0.3) is 0 Å². The lowest BCUT2D eigenvalue weighted by molar-refractivity contribution is 0.0300. The minimum atomic E-state index is -0.880. The van der Waals surface area contributed by atoms with Crippen LogP contribution in [-0.4, -0.2) is 89.5 Å². The number of aliphatic imine (C=N–C) groups is 1. The van der Waals surface area contributed by atoms with Crippen LogP contribution in [0.4, 0.5) is 14.4 Å². The molecule has 1 saturated heterocycles. The van der Waals surface area contributed by atoms with Crippen molar-refractivity contribution in [3.05, 3.63) is 64.7 Å². The molecule has 0 saturated carbocycles. The largest absolute Gasteiger partial charge is 0.497 e.